The number of nitrogens with one attached hydrogen (secondary N) is 1. The van der Waals surface area contributed by atoms with Gasteiger partial charge in [-0.1, -0.05) is 24.6 Å². The van der Waals surface area contributed by atoms with Crippen molar-refractivity contribution in [2.24, 2.45) is 0 Å². The zero-order valence-electron chi connectivity index (χ0n) is 15.0. The molecule has 1 unspecified atom stereocenters. The van der Waals surface area contributed by atoms with Gasteiger partial charge in [0.2, 0.25) is 0 Å². The first-order chi connectivity index (χ1) is 9.73. The van der Waals surface area contributed by atoms with E-state index in [1.54, 1.807) is 0 Å². The van der Waals surface area contributed by atoms with E-state index in [0.29, 0.717) is 6.04 Å². The molecule has 21 heavy (non-hydrogen) atoms. The zero-order valence-corrected chi connectivity index (χ0v) is 15.0. The van der Waals surface area contributed by atoms with Gasteiger partial charge in [-0.05, 0) is 77.6 Å². The zero-order chi connectivity index (χ0) is 16.0. The van der Waals surface area contributed by atoms with Gasteiger partial charge in [0, 0.05) is 6.04 Å². The van der Waals surface area contributed by atoms with Crippen molar-refractivity contribution in [3.05, 3.63) is 34.4 Å². The summed E-state index contributed by atoms with van der Waals surface area (Å²) in [6.45, 7) is 17.0. The SMILES string of the molecule is CCCNC(COC(C)(C)C)Cc1c(C)cc(C)cc1C. The monoisotopic (exact) mass is 291 g/mol. The number of aryl methyl sites for hydroxylation is 3. The maximum atomic E-state index is 6.00. The molecule has 0 bridgehead atoms. The number of rotatable bonds is 7. The Morgan fingerprint density at radius 2 is 1.67 bits per heavy atom. The molecule has 1 aromatic rings. The third-order valence-corrected chi connectivity index (χ3v) is 3.69. The number of benzene rings is 1. The van der Waals surface area contributed by atoms with Crippen LogP contribution < -0.4 is 5.32 Å². The average Bonchev–Trinajstić information content (AvgIpc) is 2.34. The van der Waals surface area contributed by atoms with Gasteiger partial charge in [-0.25, -0.2) is 0 Å². The first-order valence-electron chi connectivity index (χ1n) is 8.17. The van der Waals surface area contributed by atoms with Gasteiger partial charge in [0.1, 0.15) is 0 Å². The van der Waals surface area contributed by atoms with E-state index >= 15 is 0 Å². The fourth-order valence-corrected chi connectivity index (χ4v) is 2.67. The molecule has 0 aliphatic heterocycles. The molecular formula is C19H33NO. The van der Waals surface area contributed by atoms with Gasteiger partial charge >= 0.3 is 0 Å². The minimum atomic E-state index is -0.0799. The lowest BCUT2D eigenvalue weighted by molar-refractivity contribution is -0.0143. The molecule has 0 amide bonds. The summed E-state index contributed by atoms with van der Waals surface area (Å²) in [5.74, 6) is 0. The summed E-state index contributed by atoms with van der Waals surface area (Å²) in [7, 11) is 0. The largest absolute Gasteiger partial charge is 0.374 e. The van der Waals surface area contributed by atoms with E-state index in [-0.39, 0.29) is 5.60 Å². The Hall–Kier alpha value is -0.860. The second-order valence-corrected chi connectivity index (χ2v) is 7.16. The highest BCUT2D eigenvalue weighted by atomic mass is 16.5. The van der Waals surface area contributed by atoms with Gasteiger partial charge in [-0.15, -0.1) is 0 Å². The quantitative estimate of drug-likeness (QED) is 0.807. The first kappa shape index (κ1) is 18.2. The van der Waals surface area contributed by atoms with Crippen molar-refractivity contribution in [3.63, 3.8) is 0 Å². The molecule has 2 nitrogen and oxygen atoms in total. The summed E-state index contributed by atoms with van der Waals surface area (Å²) >= 11 is 0. The molecule has 0 aromatic heterocycles. The summed E-state index contributed by atoms with van der Waals surface area (Å²) < 4.78 is 6.00. The van der Waals surface area contributed by atoms with Crippen molar-refractivity contribution in [3.8, 4) is 0 Å². The van der Waals surface area contributed by atoms with Gasteiger partial charge < -0.3 is 10.1 Å². The van der Waals surface area contributed by atoms with Crippen molar-refractivity contribution in [2.75, 3.05) is 13.2 Å². The van der Waals surface area contributed by atoms with Crippen LogP contribution in [0.15, 0.2) is 12.1 Å². The van der Waals surface area contributed by atoms with Crippen molar-refractivity contribution >= 4 is 0 Å². The summed E-state index contributed by atoms with van der Waals surface area (Å²) in [6.07, 6.45) is 2.19. The Bertz CT molecular complexity index is 422. The second-order valence-electron chi connectivity index (χ2n) is 7.16. The average molecular weight is 291 g/mol. The molecule has 1 rings (SSSR count). The number of ether oxygens (including phenoxy) is 1. The standard InChI is InChI=1S/C19H33NO/c1-8-9-20-17(13-21-19(5,6)7)12-18-15(3)10-14(2)11-16(18)4/h10-11,17,20H,8-9,12-13H2,1-7H3. The molecule has 0 spiro atoms. The normalized spacial score (nSPS) is 13.5. The van der Waals surface area contributed by atoms with Crippen LogP contribution >= 0.6 is 0 Å². The van der Waals surface area contributed by atoms with Gasteiger partial charge in [-0.2, -0.15) is 0 Å². The Morgan fingerprint density at radius 1 is 1.10 bits per heavy atom. The molecule has 1 N–H and O–H groups in total. The van der Waals surface area contributed by atoms with Crippen LogP contribution in [0.2, 0.25) is 0 Å². The maximum absolute atomic E-state index is 6.00. The van der Waals surface area contributed by atoms with E-state index in [4.69, 9.17) is 4.74 Å². The fourth-order valence-electron chi connectivity index (χ4n) is 2.67. The summed E-state index contributed by atoms with van der Waals surface area (Å²) in [4.78, 5) is 0. The third kappa shape index (κ3) is 6.62. The summed E-state index contributed by atoms with van der Waals surface area (Å²) in [5, 5.41) is 3.63. The van der Waals surface area contributed by atoms with Crippen molar-refractivity contribution < 1.29 is 4.74 Å². The molecule has 0 saturated heterocycles. The topological polar surface area (TPSA) is 21.3 Å². The van der Waals surface area contributed by atoms with E-state index in [9.17, 15) is 0 Å². The van der Waals surface area contributed by atoms with Crippen LogP contribution in [-0.2, 0) is 11.2 Å². The molecule has 0 aliphatic carbocycles. The highest BCUT2D eigenvalue weighted by Crippen LogP contribution is 2.19. The predicted molar refractivity (Wildman–Crippen MR) is 92.1 cm³/mol. The van der Waals surface area contributed by atoms with Crippen molar-refractivity contribution in [2.45, 2.75) is 73.0 Å². The molecule has 0 saturated carbocycles. The second kappa shape index (κ2) is 7.95. The smallest absolute Gasteiger partial charge is 0.0629 e. The lowest BCUT2D eigenvalue weighted by atomic mass is 9.94. The van der Waals surface area contributed by atoms with Crippen LogP contribution in [-0.4, -0.2) is 24.8 Å². The van der Waals surface area contributed by atoms with E-state index in [1.165, 1.54) is 22.3 Å². The first-order valence-corrected chi connectivity index (χ1v) is 8.17. The minimum absolute atomic E-state index is 0.0799. The number of hydrogen-bond donors (Lipinski definition) is 1. The molecule has 1 atom stereocenters. The van der Waals surface area contributed by atoms with Gasteiger partial charge in [0.25, 0.3) is 0 Å². The van der Waals surface area contributed by atoms with Gasteiger partial charge in [-0.3, -0.25) is 0 Å². The summed E-state index contributed by atoms with van der Waals surface area (Å²) in [5.41, 5.74) is 5.52. The summed E-state index contributed by atoms with van der Waals surface area (Å²) in [6, 6.07) is 4.94. The van der Waals surface area contributed by atoms with Crippen LogP contribution in [0.3, 0.4) is 0 Å². The lowest BCUT2D eigenvalue weighted by Crippen LogP contribution is -2.39. The van der Waals surface area contributed by atoms with Crippen LogP contribution in [0.5, 0.6) is 0 Å². The van der Waals surface area contributed by atoms with Crippen molar-refractivity contribution in [1.82, 2.24) is 5.32 Å². The molecular weight excluding hydrogens is 258 g/mol. The Balaban J connectivity index is 2.80. The molecule has 2 heteroatoms. The van der Waals surface area contributed by atoms with Gasteiger partial charge in [0.15, 0.2) is 0 Å². The molecule has 0 aliphatic rings. The van der Waals surface area contributed by atoms with E-state index < -0.39 is 0 Å². The van der Waals surface area contributed by atoms with Crippen molar-refractivity contribution in [1.29, 1.82) is 0 Å². The van der Waals surface area contributed by atoms with E-state index in [1.807, 2.05) is 0 Å². The van der Waals surface area contributed by atoms with E-state index in [0.717, 1.165) is 26.0 Å². The number of hydrogen-bond acceptors (Lipinski definition) is 2. The van der Waals surface area contributed by atoms with E-state index in [2.05, 4.69) is 65.9 Å². The Kier molecular flexibility index (Phi) is 6.89. The van der Waals surface area contributed by atoms with Crippen LogP contribution in [0.4, 0.5) is 0 Å². The Morgan fingerprint density at radius 3 is 2.14 bits per heavy atom. The third-order valence-electron chi connectivity index (χ3n) is 3.69. The van der Waals surface area contributed by atoms with Crippen LogP contribution in [0, 0.1) is 20.8 Å². The lowest BCUT2D eigenvalue weighted by Gasteiger charge is -2.26. The predicted octanol–water partition coefficient (Wildman–Crippen LogP) is 4.34. The molecule has 120 valence electrons. The molecule has 0 fully saturated rings. The van der Waals surface area contributed by atoms with Crippen LogP contribution in [0.25, 0.3) is 0 Å². The fraction of sp³-hybridized carbons (Fsp3) is 0.684. The highest BCUT2D eigenvalue weighted by Gasteiger charge is 2.17. The highest BCUT2D eigenvalue weighted by molar-refractivity contribution is 5.38. The molecule has 0 heterocycles. The van der Waals surface area contributed by atoms with Crippen LogP contribution in [0.1, 0.15) is 56.4 Å². The molecule has 1 aromatic carbocycles. The van der Waals surface area contributed by atoms with Gasteiger partial charge in [0.05, 0.1) is 12.2 Å². The minimum Gasteiger partial charge on any atom is -0.374 e. The maximum Gasteiger partial charge on any atom is 0.0629 e. The Labute approximate surface area is 131 Å². The molecule has 0 radical (unpaired) electrons.